The Balaban J connectivity index is 1.77. The lowest BCUT2D eigenvalue weighted by Gasteiger charge is -2.32. The molecule has 1 aromatic heterocycles. The Labute approximate surface area is 184 Å². The molecular formula is C24H28N4O2S. The highest BCUT2D eigenvalue weighted by atomic mass is 32.2. The van der Waals surface area contributed by atoms with Gasteiger partial charge in [-0.1, -0.05) is 26.0 Å². The third-order valence-electron chi connectivity index (χ3n) is 6.08. The van der Waals surface area contributed by atoms with E-state index < -0.39 is 10.0 Å². The number of likely N-dealkylation sites (N-methyl/N-ethyl adjacent to an activating group) is 1. The van der Waals surface area contributed by atoms with Gasteiger partial charge in [0, 0.05) is 44.3 Å². The van der Waals surface area contributed by atoms with Crippen molar-refractivity contribution in [3.05, 3.63) is 65.4 Å². The number of aromatic nitrogens is 1. The average Bonchev–Trinajstić information content (AvgIpc) is 3.13. The number of piperazine rings is 1. The number of hydrogen-bond donors (Lipinski definition) is 0. The zero-order valence-corrected chi connectivity index (χ0v) is 19.1. The summed E-state index contributed by atoms with van der Waals surface area (Å²) in [6.07, 6.45) is 1.73. The minimum absolute atomic E-state index is 0.268. The van der Waals surface area contributed by atoms with E-state index in [4.69, 9.17) is 0 Å². The quantitative estimate of drug-likeness (QED) is 0.611. The normalized spacial score (nSPS) is 16.1. The largest absolute Gasteiger partial charge is 0.304 e. The van der Waals surface area contributed by atoms with Crippen LogP contribution in [0.4, 0.5) is 0 Å². The first-order valence-corrected chi connectivity index (χ1v) is 12.0. The second-order valence-electron chi connectivity index (χ2n) is 8.60. The molecule has 2 heterocycles. The number of rotatable bonds is 5. The highest BCUT2D eigenvalue weighted by Crippen LogP contribution is 2.29. The molecule has 31 heavy (non-hydrogen) atoms. The van der Waals surface area contributed by atoms with E-state index in [0.717, 1.165) is 42.7 Å². The molecule has 0 N–H and O–H groups in total. The molecule has 0 atom stereocenters. The van der Waals surface area contributed by atoms with Crippen LogP contribution in [0.15, 0.2) is 53.6 Å². The van der Waals surface area contributed by atoms with Crippen molar-refractivity contribution in [1.29, 1.82) is 5.26 Å². The fourth-order valence-corrected chi connectivity index (χ4v) is 5.44. The van der Waals surface area contributed by atoms with Crippen LogP contribution in [0, 0.1) is 11.3 Å². The molecule has 0 amide bonds. The van der Waals surface area contributed by atoms with Gasteiger partial charge in [-0.15, -0.1) is 0 Å². The van der Waals surface area contributed by atoms with Crippen molar-refractivity contribution in [3.63, 3.8) is 0 Å². The lowest BCUT2D eigenvalue weighted by Crippen LogP contribution is -2.43. The fraction of sp³-hybridized carbons (Fsp3) is 0.375. The summed E-state index contributed by atoms with van der Waals surface area (Å²) in [5, 5.41) is 10.2. The maximum absolute atomic E-state index is 13.5. The Hall–Kier alpha value is -2.66. The van der Waals surface area contributed by atoms with Gasteiger partial charge < -0.3 is 4.90 Å². The molecule has 0 radical (unpaired) electrons. The third kappa shape index (κ3) is 4.24. The Kier molecular flexibility index (Phi) is 5.89. The molecule has 6 nitrogen and oxygen atoms in total. The Morgan fingerprint density at radius 3 is 2.32 bits per heavy atom. The van der Waals surface area contributed by atoms with Crippen LogP contribution in [0.3, 0.4) is 0 Å². The summed E-state index contributed by atoms with van der Waals surface area (Å²) in [5.41, 5.74) is 3.17. The van der Waals surface area contributed by atoms with Crippen molar-refractivity contribution in [2.75, 3.05) is 33.2 Å². The molecule has 1 aliphatic heterocycles. The molecule has 1 saturated heterocycles. The molecular weight excluding hydrogens is 408 g/mol. The summed E-state index contributed by atoms with van der Waals surface area (Å²) in [7, 11) is -1.64. The highest BCUT2D eigenvalue weighted by Gasteiger charge is 2.23. The van der Waals surface area contributed by atoms with Crippen molar-refractivity contribution < 1.29 is 8.42 Å². The van der Waals surface area contributed by atoms with Gasteiger partial charge in [0.05, 0.1) is 22.0 Å². The molecule has 162 valence electrons. The number of nitrogens with zero attached hydrogens (tertiary/aromatic N) is 4. The van der Waals surface area contributed by atoms with Gasteiger partial charge in [0.15, 0.2) is 0 Å². The van der Waals surface area contributed by atoms with Crippen molar-refractivity contribution in [2.45, 2.75) is 31.2 Å². The molecule has 0 spiro atoms. The summed E-state index contributed by atoms with van der Waals surface area (Å²) >= 11 is 0. The Morgan fingerprint density at radius 1 is 1.03 bits per heavy atom. The van der Waals surface area contributed by atoms with Crippen molar-refractivity contribution in [1.82, 2.24) is 13.8 Å². The molecule has 1 aliphatic rings. The molecule has 7 heteroatoms. The first-order valence-electron chi connectivity index (χ1n) is 10.6. The average molecular weight is 437 g/mol. The lowest BCUT2D eigenvalue weighted by molar-refractivity contribution is 0.148. The Morgan fingerprint density at radius 2 is 1.71 bits per heavy atom. The van der Waals surface area contributed by atoms with Crippen molar-refractivity contribution >= 4 is 20.9 Å². The van der Waals surface area contributed by atoms with Gasteiger partial charge in [-0.05, 0) is 54.4 Å². The van der Waals surface area contributed by atoms with Gasteiger partial charge in [0.1, 0.15) is 0 Å². The molecule has 4 rings (SSSR count). The standard InChI is InChI=1S/C24H28N4O2S/c1-18(2)20-5-7-22(8-6-20)31(29,30)28-17-21(16-27-12-10-26(3)11-13-27)23-14-19(15-25)4-9-24(23)28/h4-9,14,17-18H,10-13,16H2,1-3H3. The van der Waals surface area contributed by atoms with Crippen LogP contribution < -0.4 is 0 Å². The smallest absolute Gasteiger partial charge is 0.268 e. The molecule has 0 unspecified atom stereocenters. The van der Waals surface area contributed by atoms with Crippen LogP contribution in [0.2, 0.25) is 0 Å². The van der Waals surface area contributed by atoms with E-state index in [0.29, 0.717) is 23.5 Å². The van der Waals surface area contributed by atoms with Gasteiger partial charge >= 0.3 is 0 Å². The number of hydrogen-bond acceptors (Lipinski definition) is 5. The van der Waals surface area contributed by atoms with Crippen LogP contribution in [0.5, 0.6) is 0 Å². The third-order valence-corrected chi connectivity index (χ3v) is 7.76. The van der Waals surface area contributed by atoms with Gasteiger partial charge in [-0.3, -0.25) is 4.90 Å². The van der Waals surface area contributed by atoms with Crippen LogP contribution in [-0.4, -0.2) is 55.4 Å². The predicted molar refractivity (Wildman–Crippen MR) is 123 cm³/mol. The van der Waals surface area contributed by atoms with E-state index in [1.807, 2.05) is 12.1 Å². The van der Waals surface area contributed by atoms with Gasteiger partial charge in [-0.25, -0.2) is 12.4 Å². The zero-order valence-electron chi connectivity index (χ0n) is 18.2. The van der Waals surface area contributed by atoms with Gasteiger partial charge in [0.25, 0.3) is 10.0 Å². The predicted octanol–water partition coefficient (Wildman–Crippen LogP) is 3.62. The first-order chi connectivity index (χ1) is 14.8. The van der Waals surface area contributed by atoms with Crippen LogP contribution in [0.25, 0.3) is 10.9 Å². The summed E-state index contributed by atoms with van der Waals surface area (Å²) in [6.45, 7) is 8.68. The maximum atomic E-state index is 13.5. The van der Waals surface area contributed by atoms with E-state index in [1.165, 1.54) is 3.97 Å². The van der Waals surface area contributed by atoms with E-state index in [-0.39, 0.29) is 4.90 Å². The van der Waals surface area contributed by atoms with Crippen LogP contribution in [-0.2, 0) is 16.6 Å². The second-order valence-corrected chi connectivity index (χ2v) is 10.4. The topological polar surface area (TPSA) is 69.3 Å². The summed E-state index contributed by atoms with van der Waals surface area (Å²) in [6, 6.07) is 14.5. The SMILES string of the molecule is CC(C)c1ccc(S(=O)(=O)n2cc(CN3CCN(C)CC3)c3cc(C#N)ccc32)cc1. The van der Waals surface area contributed by atoms with E-state index in [2.05, 4.69) is 36.8 Å². The van der Waals surface area contributed by atoms with Crippen molar-refractivity contribution in [3.8, 4) is 6.07 Å². The Bertz CT molecular complexity index is 1230. The molecule has 1 fully saturated rings. The molecule has 0 aliphatic carbocycles. The molecule has 2 aromatic carbocycles. The first kappa shape index (κ1) is 21.6. The molecule has 0 bridgehead atoms. The van der Waals surface area contributed by atoms with E-state index in [9.17, 15) is 13.7 Å². The van der Waals surface area contributed by atoms with Crippen LogP contribution >= 0.6 is 0 Å². The zero-order chi connectivity index (χ0) is 22.2. The van der Waals surface area contributed by atoms with Crippen molar-refractivity contribution in [2.24, 2.45) is 0 Å². The van der Waals surface area contributed by atoms with Gasteiger partial charge in [0.2, 0.25) is 0 Å². The number of benzene rings is 2. The van der Waals surface area contributed by atoms with Crippen LogP contribution in [0.1, 0.15) is 36.5 Å². The number of fused-ring (bicyclic) bond motifs is 1. The molecule has 0 saturated carbocycles. The van der Waals surface area contributed by atoms with E-state index >= 15 is 0 Å². The number of nitriles is 1. The minimum Gasteiger partial charge on any atom is -0.304 e. The maximum Gasteiger partial charge on any atom is 0.268 e. The van der Waals surface area contributed by atoms with Gasteiger partial charge in [-0.2, -0.15) is 5.26 Å². The molecule has 3 aromatic rings. The minimum atomic E-state index is -3.75. The fourth-order valence-electron chi connectivity index (χ4n) is 4.05. The monoisotopic (exact) mass is 436 g/mol. The highest BCUT2D eigenvalue weighted by molar-refractivity contribution is 7.90. The summed E-state index contributed by atoms with van der Waals surface area (Å²) < 4.78 is 28.4. The second kappa shape index (κ2) is 8.46. The lowest BCUT2D eigenvalue weighted by atomic mass is 10.0. The summed E-state index contributed by atoms with van der Waals surface area (Å²) in [4.78, 5) is 4.89. The summed E-state index contributed by atoms with van der Waals surface area (Å²) in [5.74, 6) is 0.337. The van der Waals surface area contributed by atoms with E-state index in [1.54, 1.807) is 36.5 Å².